The average molecular weight is 284 g/mol. The molecule has 0 atom stereocenters. The van der Waals surface area contributed by atoms with Crippen LogP contribution in [0.1, 0.15) is 18.1 Å². The summed E-state index contributed by atoms with van der Waals surface area (Å²) in [6.07, 6.45) is 1.10. The van der Waals surface area contributed by atoms with Crippen molar-refractivity contribution in [3.63, 3.8) is 0 Å². The Bertz CT molecular complexity index is 675. The van der Waals surface area contributed by atoms with Gasteiger partial charge in [-0.15, -0.1) is 22.7 Å². The molecule has 0 bridgehead atoms. The number of benzene rings is 1. The van der Waals surface area contributed by atoms with Gasteiger partial charge in [0.1, 0.15) is 0 Å². The molecule has 0 amide bonds. The minimum absolute atomic E-state index is 1.10. The zero-order chi connectivity index (χ0) is 13.2. The van der Waals surface area contributed by atoms with Crippen LogP contribution >= 0.6 is 22.7 Å². The predicted octanol–water partition coefficient (Wildman–Crippen LogP) is 6.01. The van der Waals surface area contributed by atoms with E-state index in [1.54, 1.807) is 11.3 Å². The molecule has 3 aromatic rings. The van der Waals surface area contributed by atoms with Gasteiger partial charge < -0.3 is 0 Å². The molecule has 0 aliphatic rings. The van der Waals surface area contributed by atoms with Crippen molar-refractivity contribution in [3.05, 3.63) is 59.0 Å². The molecule has 2 aromatic heterocycles. The Kier molecular flexibility index (Phi) is 3.54. The summed E-state index contributed by atoms with van der Waals surface area (Å²) in [5, 5.41) is 2.14. The summed E-state index contributed by atoms with van der Waals surface area (Å²) in [7, 11) is 0. The van der Waals surface area contributed by atoms with Crippen LogP contribution in [0.5, 0.6) is 0 Å². The van der Waals surface area contributed by atoms with Gasteiger partial charge >= 0.3 is 0 Å². The molecule has 19 heavy (non-hydrogen) atoms. The molecule has 1 aromatic carbocycles. The zero-order valence-electron chi connectivity index (χ0n) is 11.1. The van der Waals surface area contributed by atoms with Gasteiger partial charge in [0.05, 0.1) is 0 Å². The maximum Gasteiger partial charge on any atom is 0.0449 e. The Morgan fingerprint density at radius 3 is 2.47 bits per heavy atom. The van der Waals surface area contributed by atoms with Gasteiger partial charge in [-0.05, 0) is 53.6 Å². The van der Waals surface area contributed by atoms with E-state index in [9.17, 15) is 0 Å². The van der Waals surface area contributed by atoms with Crippen molar-refractivity contribution in [2.45, 2.75) is 20.3 Å². The second-order valence-electron chi connectivity index (χ2n) is 4.58. The Labute approximate surface area is 122 Å². The minimum Gasteiger partial charge on any atom is -0.143 e. The molecule has 0 aliphatic carbocycles. The topological polar surface area (TPSA) is 0 Å². The van der Waals surface area contributed by atoms with E-state index in [1.807, 2.05) is 11.3 Å². The molecular weight excluding hydrogens is 268 g/mol. The van der Waals surface area contributed by atoms with E-state index in [0.29, 0.717) is 0 Å². The van der Waals surface area contributed by atoms with Gasteiger partial charge in [0.15, 0.2) is 0 Å². The van der Waals surface area contributed by atoms with E-state index in [0.717, 1.165) is 6.42 Å². The maximum absolute atomic E-state index is 2.25. The minimum atomic E-state index is 1.10. The average Bonchev–Trinajstić information content (AvgIpc) is 3.09. The highest BCUT2D eigenvalue weighted by Crippen LogP contribution is 2.38. The number of aryl methyl sites for hydroxylation is 1. The van der Waals surface area contributed by atoms with Gasteiger partial charge in [0.2, 0.25) is 0 Å². The van der Waals surface area contributed by atoms with E-state index in [1.165, 1.54) is 31.3 Å². The highest BCUT2D eigenvalue weighted by Gasteiger charge is 2.09. The monoisotopic (exact) mass is 284 g/mol. The lowest BCUT2D eigenvalue weighted by Crippen LogP contribution is -1.88. The Morgan fingerprint density at radius 2 is 1.74 bits per heavy atom. The van der Waals surface area contributed by atoms with Crippen LogP contribution in [0, 0.1) is 6.92 Å². The van der Waals surface area contributed by atoms with Crippen molar-refractivity contribution < 1.29 is 0 Å². The maximum atomic E-state index is 2.25. The highest BCUT2D eigenvalue weighted by molar-refractivity contribution is 7.23. The van der Waals surface area contributed by atoms with Crippen molar-refractivity contribution in [2.24, 2.45) is 0 Å². The van der Waals surface area contributed by atoms with Crippen molar-refractivity contribution in [1.82, 2.24) is 0 Å². The molecule has 2 heteroatoms. The standard InChI is InChI=1S/C17H16S2/c1-3-13-6-4-7-14(12(13)2)15-9-10-17(19-15)16-8-5-11-18-16/h4-11H,3H2,1-2H3. The van der Waals surface area contributed by atoms with Gasteiger partial charge in [0.25, 0.3) is 0 Å². The molecule has 0 saturated carbocycles. The first-order chi connectivity index (χ1) is 9.29. The fourth-order valence-corrected chi connectivity index (χ4v) is 4.29. The summed E-state index contributed by atoms with van der Waals surface area (Å²) in [4.78, 5) is 4.10. The van der Waals surface area contributed by atoms with Gasteiger partial charge in [-0.3, -0.25) is 0 Å². The normalized spacial score (nSPS) is 10.8. The molecule has 0 aliphatic heterocycles. The number of hydrogen-bond acceptors (Lipinski definition) is 2. The second kappa shape index (κ2) is 5.32. The third-order valence-corrected chi connectivity index (χ3v) is 5.65. The molecule has 0 nitrogen and oxygen atoms in total. The lowest BCUT2D eigenvalue weighted by atomic mass is 10.00. The van der Waals surface area contributed by atoms with E-state index in [-0.39, 0.29) is 0 Å². The van der Waals surface area contributed by atoms with Crippen molar-refractivity contribution >= 4 is 22.7 Å². The number of rotatable bonds is 3. The predicted molar refractivity (Wildman–Crippen MR) is 87.2 cm³/mol. The molecule has 0 spiro atoms. The summed E-state index contributed by atoms with van der Waals surface area (Å²) in [6.45, 7) is 4.45. The first kappa shape index (κ1) is 12.6. The summed E-state index contributed by atoms with van der Waals surface area (Å²) in [5.74, 6) is 0. The molecule has 0 N–H and O–H groups in total. The quantitative estimate of drug-likeness (QED) is 0.552. The molecule has 96 valence electrons. The van der Waals surface area contributed by atoms with Crippen LogP contribution in [0.15, 0.2) is 47.8 Å². The van der Waals surface area contributed by atoms with Gasteiger partial charge in [0, 0.05) is 14.6 Å². The summed E-state index contributed by atoms with van der Waals surface area (Å²) in [5.41, 5.74) is 4.25. The van der Waals surface area contributed by atoms with E-state index in [4.69, 9.17) is 0 Å². The van der Waals surface area contributed by atoms with Crippen LogP contribution < -0.4 is 0 Å². The number of thiophene rings is 2. The first-order valence-electron chi connectivity index (χ1n) is 6.52. The van der Waals surface area contributed by atoms with Crippen molar-refractivity contribution in [2.75, 3.05) is 0 Å². The van der Waals surface area contributed by atoms with Gasteiger partial charge in [-0.1, -0.05) is 31.2 Å². The lowest BCUT2D eigenvalue weighted by Gasteiger charge is -2.08. The zero-order valence-corrected chi connectivity index (χ0v) is 12.8. The third-order valence-electron chi connectivity index (χ3n) is 3.46. The van der Waals surface area contributed by atoms with Crippen LogP contribution in [-0.4, -0.2) is 0 Å². The fourth-order valence-electron chi connectivity index (χ4n) is 2.37. The summed E-state index contributed by atoms with van der Waals surface area (Å²) in [6, 6.07) is 15.4. The van der Waals surface area contributed by atoms with Crippen molar-refractivity contribution in [3.8, 4) is 20.2 Å². The van der Waals surface area contributed by atoms with E-state index < -0.39 is 0 Å². The highest BCUT2D eigenvalue weighted by atomic mass is 32.1. The van der Waals surface area contributed by atoms with E-state index in [2.05, 4.69) is 61.7 Å². The van der Waals surface area contributed by atoms with Crippen LogP contribution in [0.2, 0.25) is 0 Å². The SMILES string of the molecule is CCc1cccc(-c2ccc(-c3cccs3)s2)c1C. The molecule has 0 fully saturated rings. The second-order valence-corrected chi connectivity index (χ2v) is 6.62. The number of hydrogen-bond donors (Lipinski definition) is 0. The first-order valence-corrected chi connectivity index (χ1v) is 8.21. The molecular formula is C17H16S2. The van der Waals surface area contributed by atoms with Gasteiger partial charge in [-0.25, -0.2) is 0 Å². The summed E-state index contributed by atoms with van der Waals surface area (Å²) >= 11 is 3.69. The molecule has 0 unspecified atom stereocenters. The molecule has 0 saturated heterocycles. The molecule has 0 radical (unpaired) electrons. The van der Waals surface area contributed by atoms with E-state index >= 15 is 0 Å². The van der Waals surface area contributed by atoms with Crippen LogP contribution in [0.25, 0.3) is 20.2 Å². The Hall–Kier alpha value is -1.38. The largest absolute Gasteiger partial charge is 0.143 e. The van der Waals surface area contributed by atoms with Gasteiger partial charge in [-0.2, -0.15) is 0 Å². The van der Waals surface area contributed by atoms with Crippen molar-refractivity contribution in [1.29, 1.82) is 0 Å². The smallest absolute Gasteiger partial charge is 0.0449 e. The van der Waals surface area contributed by atoms with Crippen LogP contribution in [-0.2, 0) is 6.42 Å². The third kappa shape index (κ3) is 2.38. The Balaban J connectivity index is 2.04. The molecule has 3 rings (SSSR count). The van der Waals surface area contributed by atoms with Crippen LogP contribution in [0.3, 0.4) is 0 Å². The van der Waals surface area contributed by atoms with Crippen LogP contribution in [0.4, 0.5) is 0 Å². The Morgan fingerprint density at radius 1 is 0.895 bits per heavy atom. The molecule has 2 heterocycles. The summed E-state index contributed by atoms with van der Waals surface area (Å²) < 4.78 is 0. The lowest BCUT2D eigenvalue weighted by molar-refractivity contribution is 1.11. The fraction of sp³-hybridized carbons (Fsp3) is 0.176.